The van der Waals surface area contributed by atoms with Crippen molar-refractivity contribution >= 4 is 11.6 Å². The van der Waals surface area contributed by atoms with Crippen LogP contribution in [0.15, 0.2) is 18.2 Å². The number of benzene rings is 1. The molecule has 1 fully saturated rings. The first-order valence-electron chi connectivity index (χ1n) is 7.35. The van der Waals surface area contributed by atoms with Gasteiger partial charge in [-0.3, -0.25) is 4.79 Å². The Labute approximate surface area is 120 Å². The minimum absolute atomic E-state index is 0.00412. The molecule has 20 heavy (non-hydrogen) atoms. The van der Waals surface area contributed by atoms with Gasteiger partial charge >= 0.3 is 0 Å². The number of anilines is 1. The van der Waals surface area contributed by atoms with Crippen LogP contribution in [0.3, 0.4) is 0 Å². The van der Waals surface area contributed by atoms with E-state index in [-0.39, 0.29) is 11.9 Å². The molecule has 0 aliphatic carbocycles. The van der Waals surface area contributed by atoms with Crippen LogP contribution in [0.25, 0.3) is 0 Å². The van der Waals surface area contributed by atoms with E-state index in [9.17, 15) is 4.79 Å². The van der Waals surface area contributed by atoms with E-state index in [2.05, 4.69) is 24.5 Å². The molecule has 110 valence electrons. The molecule has 0 bridgehead atoms. The summed E-state index contributed by atoms with van der Waals surface area (Å²) in [7, 11) is 0. The zero-order valence-electron chi connectivity index (χ0n) is 12.5. The van der Waals surface area contributed by atoms with Crippen molar-refractivity contribution < 1.29 is 9.53 Å². The quantitative estimate of drug-likeness (QED) is 0.869. The van der Waals surface area contributed by atoms with Gasteiger partial charge in [-0.15, -0.1) is 0 Å². The number of nitrogens with one attached hydrogen (secondary N) is 2. The fourth-order valence-corrected chi connectivity index (χ4v) is 2.55. The summed E-state index contributed by atoms with van der Waals surface area (Å²) in [5.41, 5.74) is 2.90. The van der Waals surface area contributed by atoms with Gasteiger partial charge in [-0.2, -0.15) is 0 Å². The van der Waals surface area contributed by atoms with Gasteiger partial charge in [0.1, 0.15) is 0 Å². The Balaban J connectivity index is 1.99. The predicted octanol–water partition coefficient (Wildman–Crippen LogP) is 2.58. The van der Waals surface area contributed by atoms with E-state index < -0.39 is 0 Å². The molecule has 2 rings (SSSR count). The number of carbonyl (C=O) groups excluding carboxylic acids is 1. The van der Waals surface area contributed by atoms with Gasteiger partial charge in [0.2, 0.25) is 0 Å². The molecule has 1 aromatic carbocycles. The molecule has 0 saturated carbocycles. The number of ether oxygens (including phenoxy) is 1. The first-order chi connectivity index (χ1) is 9.61. The second kappa shape index (κ2) is 6.75. The molecule has 2 N–H and O–H groups in total. The molecule has 0 spiro atoms. The summed E-state index contributed by atoms with van der Waals surface area (Å²) in [6.07, 6.45) is 1.03. The lowest BCUT2D eigenvalue weighted by Gasteiger charge is -2.19. The first kappa shape index (κ1) is 14.9. The van der Waals surface area contributed by atoms with Gasteiger partial charge in [-0.25, -0.2) is 0 Å². The average Bonchev–Trinajstić information content (AvgIpc) is 2.95. The number of hydrogen-bond acceptors (Lipinski definition) is 3. The molecule has 1 aromatic rings. The van der Waals surface area contributed by atoms with Crippen molar-refractivity contribution in [3.05, 3.63) is 29.3 Å². The Kier molecular flexibility index (Phi) is 5.01. The van der Waals surface area contributed by atoms with Crippen molar-refractivity contribution in [1.82, 2.24) is 5.32 Å². The van der Waals surface area contributed by atoms with E-state index in [0.717, 1.165) is 43.0 Å². The molecule has 4 nitrogen and oxygen atoms in total. The van der Waals surface area contributed by atoms with Crippen LogP contribution in [-0.4, -0.2) is 31.7 Å². The van der Waals surface area contributed by atoms with Gasteiger partial charge in [0.05, 0.1) is 6.61 Å². The Morgan fingerprint density at radius 1 is 1.50 bits per heavy atom. The van der Waals surface area contributed by atoms with Crippen LogP contribution in [0.4, 0.5) is 5.69 Å². The molecule has 0 radical (unpaired) electrons. The SMILES string of the molecule is CCNc1ccc(C(=O)NC(C)C2CCOC2)cc1C. The molecule has 1 heterocycles. The standard InChI is InChI=1S/C16H24N2O2/c1-4-17-15-6-5-13(9-11(15)2)16(19)18-12(3)14-7-8-20-10-14/h5-6,9,12,14,17H,4,7-8,10H2,1-3H3,(H,18,19). The van der Waals surface area contributed by atoms with E-state index in [1.807, 2.05) is 25.1 Å². The van der Waals surface area contributed by atoms with E-state index in [1.165, 1.54) is 0 Å². The number of hydrogen-bond donors (Lipinski definition) is 2. The topological polar surface area (TPSA) is 50.4 Å². The van der Waals surface area contributed by atoms with Gasteiger partial charge in [-0.1, -0.05) is 0 Å². The lowest BCUT2D eigenvalue weighted by atomic mass is 10.00. The Morgan fingerprint density at radius 3 is 2.90 bits per heavy atom. The minimum Gasteiger partial charge on any atom is -0.385 e. The van der Waals surface area contributed by atoms with Crippen LogP contribution in [0.1, 0.15) is 36.2 Å². The Hall–Kier alpha value is -1.55. The van der Waals surface area contributed by atoms with E-state index >= 15 is 0 Å². The third-order valence-corrected chi connectivity index (χ3v) is 3.89. The van der Waals surface area contributed by atoms with Crippen molar-refractivity contribution in [2.75, 3.05) is 25.1 Å². The molecular weight excluding hydrogens is 252 g/mol. The maximum Gasteiger partial charge on any atom is 0.251 e. The lowest BCUT2D eigenvalue weighted by molar-refractivity contribution is 0.0922. The van der Waals surface area contributed by atoms with E-state index in [1.54, 1.807) is 0 Å². The summed E-state index contributed by atoms with van der Waals surface area (Å²) in [4.78, 5) is 12.3. The molecule has 1 amide bonds. The van der Waals surface area contributed by atoms with E-state index in [4.69, 9.17) is 4.74 Å². The van der Waals surface area contributed by atoms with Crippen LogP contribution < -0.4 is 10.6 Å². The summed E-state index contributed by atoms with van der Waals surface area (Å²) in [5, 5.41) is 6.36. The van der Waals surface area contributed by atoms with E-state index in [0.29, 0.717) is 5.92 Å². The monoisotopic (exact) mass is 276 g/mol. The largest absolute Gasteiger partial charge is 0.385 e. The highest BCUT2D eigenvalue weighted by atomic mass is 16.5. The van der Waals surface area contributed by atoms with Crippen LogP contribution in [0.5, 0.6) is 0 Å². The minimum atomic E-state index is -0.00412. The molecule has 1 aliphatic rings. The summed E-state index contributed by atoms with van der Waals surface area (Å²) < 4.78 is 5.37. The molecule has 1 aliphatic heterocycles. The van der Waals surface area contributed by atoms with Crippen molar-refractivity contribution in [3.63, 3.8) is 0 Å². The number of aryl methyl sites for hydroxylation is 1. The number of carbonyl (C=O) groups is 1. The third-order valence-electron chi connectivity index (χ3n) is 3.89. The summed E-state index contributed by atoms with van der Waals surface area (Å²) in [6.45, 7) is 8.57. The van der Waals surface area contributed by atoms with Gasteiger partial charge < -0.3 is 15.4 Å². The van der Waals surface area contributed by atoms with Crippen molar-refractivity contribution in [2.24, 2.45) is 5.92 Å². The Morgan fingerprint density at radius 2 is 2.30 bits per heavy atom. The smallest absolute Gasteiger partial charge is 0.251 e. The molecule has 2 unspecified atom stereocenters. The summed E-state index contributed by atoms with van der Waals surface area (Å²) in [6, 6.07) is 5.93. The van der Waals surface area contributed by atoms with Crippen molar-refractivity contribution in [2.45, 2.75) is 33.2 Å². The highest BCUT2D eigenvalue weighted by molar-refractivity contribution is 5.95. The average molecular weight is 276 g/mol. The predicted molar refractivity (Wildman–Crippen MR) is 81.2 cm³/mol. The molecule has 2 atom stereocenters. The highest BCUT2D eigenvalue weighted by Gasteiger charge is 2.23. The molecule has 4 heteroatoms. The zero-order valence-corrected chi connectivity index (χ0v) is 12.5. The third kappa shape index (κ3) is 3.51. The second-order valence-electron chi connectivity index (χ2n) is 5.45. The maximum atomic E-state index is 12.3. The molecule has 0 aromatic heterocycles. The fraction of sp³-hybridized carbons (Fsp3) is 0.562. The number of rotatable bonds is 5. The normalized spacial score (nSPS) is 19.6. The van der Waals surface area contributed by atoms with Crippen LogP contribution >= 0.6 is 0 Å². The summed E-state index contributed by atoms with van der Waals surface area (Å²) in [5.74, 6) is 0.427. The van der Waals surface area contributed by atoms with Crippen LogP contribution in [0, 0.1) is 12.8 Å². The molecular formula is C16H24N2O2. The van der Waals surface area contributed by atoms with Crippen molar-refractivity contribution in [1.29, 1.82) is 0 Å². The summed E-state index contributed by atoms with van der Waals surface area (Å²) >= 11 is 0. The van der Waals surface area contributed by atoms with Gasteiger partial charge in [0.25, 0.3) is 5.91 Å². The van der Waals surface area contributed by atoms with Gasteiger partial charge in [0, 0.05) is 36.4 Å². The fourth-order valence-electron chi connectivity index (χ4n) is 2.55. The number of amides is 1. The maximum absolute atomic E-state index is 12.3. The first-order valence-corrected chi connectivity index (χ1v) is 7.35. The van der Waals surface area contributed by atoms with Gasteiger partial charge in [-0.05, 0) is 51.0 Å². The Bertz CT molecular complexity index is 468. The molecule has 1 saturated heterocycles. The van der Waals surface area contributed by atoms with Crippen molar-refractivity contribution in [3.8, 4) is 0 Å². The van der Waals surface area contributed by atoms with Crippen LogP contribution in [0.2, 0.25) is 0 Å². The second-order valence-corrected chi connectivity index (χ2v) is 5.45. The highest BCUT2D eigenvalue weighted by Crippen LogP contribution is 2.19. The van der Waals surface area contributed by atoms with Gasteiger partial charge in [0.15, 0.2) is 0 Å². The zero-order chi connectivity index (χ0) is 14.5. The van der Waals surface area contributed by atoms with Crippen LogP contribution in [-0.2, 0) is 4.74 Å². The lowest BCUT2D eigenvalue weighted by Crippen LogP contribution is -2.38.